The molecule has 1 aromatic rings. The number of nitrogens with one attached hydrogen (secondary N) is 1. The number of H-pyrrole nitrogens is 1. The van der Waals surface area contributed by atoms with Crippen molar-refractivity contribution in [2.45, 2.75) is 26.6 Å². The third-order valence-electron chi connectivity index (χ3n) is 1.99. The van der Waals surface area contributed by atoms with Crippen molar-refractivity contribution >= 4 is 14.0 Å². The number of pyridine rings is 1. The zero-order valence-corrected chi connectivity index (χ0v) is 12.1. The number of rotatable bonds is 2. The van der Waals surface area contributed by atoms with Gasteiger partial charge in [0.2, 0.25) is 0 Å². The molecule has 0 unspecified atom stereocenters. The van der Waals surface area contributed by atoms with Gasteiger partial charge in [0.25, 0.3) is 5.56 Å². The molecule has 4 nitrogen and oxygen atoms in total. The van der Waals surface area contributed by atoms with E-state index in [2.05, 4.69) is 36.1 Å². The van der Waals surface area contributed by atoms with E-state index >= 15 is 0 Å². The number of aromatic amines is 1. The number of aromatic nitrogens is 1. The predicted molar refractivity (Wildman–Crippen MR) is 73.2 cm³/mol. The summed E-state index contributed by atoms with van der Waals surface area (Å²) >= 11 is 0. The number of carbonyl (C=O) groups is 1. The van der Waals surface area contributed by atoms with E-state index in [1.165, 1.54) is 12.3 Å². The number of hydrogen-bond acceptors (Lipinski definition) is 3. The van der Waals surface area contributed by atoms with Gasteiger partial charge in [-0.2, -0.15) is 0 Å². The highest BCUT2D eigenvalue weighted by atomic mass is 28.3. The first kappa shape index (κ1) is 14.3. The van der Waals surface area contributed by atoms with Crippen LogP contribution in [0.4, 0.5) is 0 Å². The van der Waals surface area contributed by atoms with Crippen molar-refractivity contribution in [3.05, 3.63) is 33.7 Å². The van der Waals surface area contributed by atoms with Crippen LogP contribution in [0.5, 0.6) is 0 Å². The van der Waals surface area contributed by atoms with Crippen molar-refractivity contribution in [3.8, 4) is 11.5 Å². The van der Waals surface area contributed by atoms with E-state index in [0.717, 1.165) is 0 Å². The quantitative estimate of drug-likeness (QED) is 0.502. The topological polar surface area (TPSA) is 59.2 Å². The highest BCUT2D eigenvalue weighted by molar-refractivity contribution is 6.83. The Labute approximate surface area is 107 Å². The molecule has 0 fully saturated rings. The summed E-state index contributed by atoms with van der Waals surface area (Å²) in [6, 6.07) is 1.48. The van der Waals surface area contributed by atoms with Crippen molar-refractivity contribution < 1.29 is 9.53 Å². The fourth-order valence-electron chi connectivity index (χ4n) is 1.16. The third kappa shape index (κ3) is 4.22. The molecule has 1 aromatic heterocycles. The lowest BCUT2D eigenvalue weighted by molar-refractivity contribution is 0.0526. The molecular formula is C13H17NO3Si. The number of esters is 1. The summed E-state index contributed by atoms with van der Waals surface area (Å²) in [7, 11) is -1.55. The first-order valence-corrected chi connectivity index (χ1v) is 9.26. The molecule has 0 aliphatic heterocycles. The lowest BCUT2D eigenvalue weighted by atomic mass is 10.2. The Morgan fingerprint density at radius 3 is 2.67 bits per heavy atom. The molecule has 0 saturated carbocycles. The zero-order chi connectivity index (χ0) is 13.8. The third-order valence-corrected chi connectivity index (χ3v) is 2.86. The molecule has 0 aromatic carbocycles. The van der Waals surface area contributed by atoms with Gasteiger partial charge < -0.3 is 9.72 Å². The van der Waals surface area contributed by atoms with Gasteiger partial charge in [-0.3, -0.25) is 4.79 Å². The number of ether oxygens (including phenoxy) is 1. The van der Waals surface area contributed by atoms with Crippen LogP contribution in [-0.4, -0.2) is 25.6 Å². The van der Waals surface area contributed by atoms with E-state index in [1.807, 2.05) is 0 Å². The SMILES string of the molecule is CCOC(=O)c1c[nH]c(=O)c(C#C[Si](C)(C)C)c1. The van der Waals surface area contributed by atoms with Gasteiger partial charge in [0.1, 0.15) is 8.07 Å². The van der Waals surface area contributed by atoms with Gasteiger partial charge in [-0.1, -0.05) is 25.6 Å². The molecule has 0 atom stereocenters. The Balaban J connectivity index is 3.12. The largest absolute Gasteiger partial charge is 0.462 e. The van der Waals surface area contributed by atoms with E-state index in [9.17, 15) is 9.59 Å². The lowest BCUT2D eigenvalue weighted by Gasteiger charge is -2.04. The molecule has 0 saturated heterocycles. The maximum atomic E-state index is 11.6. The second-order valence-corrected chi connectivity index (χ2v) is 9.60. The molecule has 5 heteroatoms. The van der Waals surface area contributed by atoms with Gasteiger partial charge in [-0.25, -0.2) is 4.79 Å². The van der Waals surface area contributed by atoms with Gasteiger partial charge >= 0.3 is 5.97 Å². The second-order valence-electron chi connectivity index (χ2n) is 4.85. The molecule has 1 heterocycles. The van der Waals surface area contributed by atoms with Crippen LogP contribution in [0.3, 0.4) is 0 Å². The van der Waals surface area contributed by atoms with Crippen LogP contribution >= 0.6 is 0 Å². The summed E-state index contributed by atoms with van der Waals surface area (Å²) in [6.45, 7) is 8.29. The molecule has 1 N–H and O–H groups in total. The van der Waals surface area contributed by atoms with Gasteiger partial charge in [0.05, 0.1) is 17.7 Å². The average Bonchev–Trinajstić information content (AvgIpc) is 2.27. The molecule has 0 radical (unpaired) electrons. The molecule has 0 aliphatic rings. The fourth-order valence-corrected chi connectivity index (χ4v) is 1.67. The summed E-state index contributed by atoms with van der Waals surface area (Å²) in [5.41, 5.74) is 3.43. The standard InChI is InChI=1S/C13H17NO3Si/c1-5-17-13(16)11-8-10(12(15)14-9-11)6-7-18(2,3)4/h8-9H,5H2,1-4H3,(H,14,15). The zero-order valence-electron chi connectivity index (χ0n) is 11.1. The van der Waals surface area contributed by atoms with Crippen molar-refractivity contribution in [2.24, 2.45) is 0 Å². The number of carbonyl (C=O) groups excluding carboxylic acids is 1. The Hall–Kier alpha value is -1.80. The molecule has 0 aliphatic carbocycles. The normalized spacial score (nSPS) is 10.4. The molecule has 0 amide bonds. The van der Waals surface area contributed by atoms with E-state index < -0.39 is 14.0 Å². The maximum Gasteiger partial charge on any atom is 0.339 e. The predicted octanol–water partition coefficient (Wildman–Crippen LogP) is 1.78. The van der Waals surface area contributed by atoms with Crippen molar-refractivity contribution in [3.63, 3.8) is 0 Å². The smallest absolute Gasteiger partial charge is 0.339 e. The van der Waals surface area contributed by atoms with Gasteiger partial charge in [0, 0.05) is 6.20 Å². The molecule has 96 valence electrons. The van der Waals surface area contributed by atoms with Crippen LogP contribution in [0.25, 0.3) is 0 Å². The summed E-state index contributed by atoms with van der Waals surface area (Å²) in [6.07, 6.45) is 1.35. The van der Waals surface area contributed by atoms with Gasteiger partial charge in [0.15, 0.2) is 0 Å². The monoisotopic (exact) mass is 263 g/mol. The van der Waals surface area contributed by atoms with Crippen molar-refractivity contribution in [2.75, 3.05) is 6.61 Å². The van der Waals surface area contributed by atoms with E-state index in [1.54, 1.807) is 6.92 Å². The van der Waals surface area contributed by atoms with E-state index in [4.69, 9.17) is 4.74 Å². The highest BCUT2D eigenvalue weighted by Gasteiger charge is 2.10. The summed E-state index contributed by atoms with van der Waals surface area (Å²) in [5.74, 6) is 2.40. The minimum atomic E-state index is -1.55. The van der Waals surface area contributed by atoms with Crippen molar-refractivity contribution in [1.82, 2.24) is 4.98 Å². The molecule has 1 rings (SSSR count). The first-order chi connectivity index (χ1) is 8.33. The van der Waals surface area contributed by atoms with Crippen LogP contribution in [-0.2, 0) is 4.74 Å². The summed E-state index contributed by atoms with van der Waals surface area (Å²) in [4.78, 5) is 25.6. The Kier molecular flexibility index (Phi) is 4.51. The first-order valence-electron chi connectivity index (χ1n) is 5.76. The number of hydrogen-bond donors (Lipinski definition) is 1. The lowest BCUT2D eigenvalue weighted by Crippen LogP contribution is -2.18. The van der Waals surface area contributed by atoms with Crippen LogP contribution in [0.15, 0.2) is 17.1 Å². The second kappa shape index (κ2) is 5.69. The van der Waals surface area contributed by atoms with E-state index in [0.29, 0.717) is 17.7 Å². The van der Waals surface area contributed by atoms with Gasteiger partial charge in [-0.15, -0.1) is 5.54 Å². The Morgan fingerprint density at radius 1 is 1.44 bits per heavy atom. The van der Waals surface area contributed by atoms with E-state index in [-0.39, 0.29) is 5.56 Å². The summed E-state index contributed by atoms with van der Waals surface area (Å²) in [5, 5.41) is 0. The Morgan fingerprint density at radius 2 is 2.11 bits per heavy atom. The molecular weight excluding hydrogens is 246 g/mol. The summed E-state index contributed by atoms with van der Waals surface area (Å²) < 4.78 is 4.87. The average molecular weight is 263 g/mol. The van der Waals surface area contributed by atoms with Crippen LogP contribution in [0, 0.1) is 11.5 Å². The molecule has 0 bridgehead atoms. The van der Waals surface area contributed by atoms with Gasteiger partial charge in [-0.05, 0) is 13.0 Å². The minimum absolute atomic E-state index is 0.284. The minimum Gasteiger partial charge on any atom is -0.462 e. The molecule has 18 heavy (non-hydrogen) atoms. The fraction of sp³-hybridized carbons (Fsp3) is 0.385. The van der Waals surface area contributed by atoms with Crippen LogP contribution in [0.1, 0.15) is 22.8 Å². The highest BCUT2D eigenvalue weighted by Crippen LogP contribution is 2.02. The molecule has 0 spiro atoms. The van der Waals surface area contributed by atoms with Crippen molar-refractivity contribution in [1.29, 1.82) is 0 Å². The maximum absolute atomic E-state index is 11.6. The van der Waals surface area contributed by atoms with Crippen LogP contribution in [0.2, 0.25) is 19.6 Å². The Bertz CT molecular complexity index is 558. The van der Waals surface area contributed by atoms with Crippen LogP contribution < -0.4 is 5.56 Å².